The molecule has 1 heterocycles. The summed E-state index contributed by atoms with van der Waals surface area (Å²) in [7, 11) is -4.01. The van der Waals surface area contributed by atoms with Gasteiger partial charge >= 0.3 is 6.18 Å². The van der Waals surface area contributed by atoms with Crippen LogP contribution in [-0.4, -0.2) is 31.0 Å². The number of nitrogens with two attached hydrogens (primary N) is 1. The third-order valence-corrected chi connectivity index (χ3v) is 3.77. The van der Waals surface area contributed by atoms with E-state index in [0.717, 1.165) is 12.3 Å². The number of nitrogens with one attached hydrogen (secondary N) is 2. The number of carbonyl (C=O) groups excluding carboxylic acids is 1. The normalized spacial score (nSPS) is 18.1. The number of halogens is 3. The summed E-state index contributed by atoms with van der Waals surface area (Å²) in [6, 6.07) is 0.886. The van der Waals surface area contributed by atoms with Gasteiger partial charge in [0.05, 0.1) is 4.90 Å². The van der Waals surface area contributed by atoms with Crippen LogP contribution in [0.4, 0.5) is 13.2 Å². The third kappa shape index (κ3) is 2.59. The van der Waals surface area contributed by atoms with Crippen molar-refractivity contribution in [3.8, 4) is 0 Å². The molecule has 4 N–H and O–H groups in total. The molecular formula is C9H10F3N3O3S. The number of aromatic amines is 1. The van der Waals surface area contributed by atoms with Crippen LogP contribution in [0.1, 0.15) is 23.3 Å². The highest BCUT2D eigenvalue weighted by Gasteiger charge is 2.64. The van der Waals surface area contributed by atoms with Crippen LogP contribution >= 0.6 is 0 Å². The predicted octanol–water partition coefficient (Wildman–Crippen LogP) is 0.487. The van der Waals surface area contributed by atoms with Crippen molar-refractivity contribution in [2.75, 3.05) is 0 Å². The Morgan fingerprint density at radius 1 is 1.42 bits per heavy atom. The summed E-state index contributed by atoms with van der Waals surface area (Å²) in [5.74, 6) is -1.02. The van der Waals surface area contributed by atoms with Crippen molar-refractivity contribution < 1.29 is 26.4 Å². The van der Waals surface area contributed by atoms with E-state index in [0.29, 0.717) is 0 Å². The van der Waals surface area contributed by atoms with Crippen LogP contribution in [0.25, 0.3) is 0 Å². The number of alkyl halides is 3. The molecule has 1 aromatic heterocycles. The van der Waals surface area contributed by atoms with Gasteiger partial charge in [0.25, 0.3) is 5.91 Å². The van der Waals surface area contributed by atoms with Gasteiger partial charge < -0.3 is 10.3 Å². The van der Waals surface area contributed by atoms with Crippen molar-refractivity contribution >= 4 is 15.9 Å². The number of primary sulfonamides is 1. The number of sulfonamides is 1. The quantitative estimate of drug-likeness (QED) is 0.756. The minimum atomic E-state index is -4.53. The van der Waals surface area contributed by atoms with E-state index in [-0.39, 0.29) is 23.4 Å². The van der Waals surface area contributed by atoms with Gasteiger partial charge in [-0.15, -0.1) is 0 Å². The van der Waals surface area contributed by atoms with Crippen LogP contribution in [0.5, 0.6) is 0 Å². The maximum atomic E-state index is 12.6. The second kappa shape index (κ2) is 3.97. The number of carbonyl (C=O) groups is 1. The molecule has 106 valence electrons. The Bertz CT molecular complexity index is 616. The van der Waals surface area contributed by atoms with E-state index >= 15 is 0 Å². The Morgan fingerprint density at radius 3 is 2.37 bits per heavy atom. The van der Waals surface area contributed by atoms with Crippen LogP contribution < -0.4 is 10.5 Å². The average molecular weight is 297 g/mol. The lowest BCUT2D eigenvalue weighted by Crippen LogP contribution is -2.47. The monoisotopic (exact) mass is 297 g/mol. The zero-order valence-corrected chi connectivity index (χ0v) is 10.2. The fourth-order valence-electron chi connectivity index (χ4n) is 1.56. The summed E-state index contributed by atoms with van der Waals surface area (Å²) in [5, 5.41) is 6.68. The molecule has 0 bridgehead atoms. The highest BCUT2D eigenvalue weighted by Crippen LogP contribution is 2.49. The fourth-order valence-corrected chi connectivity index (χ4v) is 2.06. The smallest absolute Gasteiger partial charge is 0.356 e. The average Bonchev–Trinajstić information content (AvgIpc) is 2.85. The van der Waals surface area contributed by atoms with Crippen molar-refractivity contribution in [2.24, 2.45) is 5.14 Å². The van der Waals surface area contributed by atoms with Gasteiger partial charge in [-0.3, -0.25) is 4.79 Å². The number of H-pyrrole nitrogens is 1. The summed E-state index contributed by atoms with van der Waals surface area (Å²) in [6.45, 7) is 0. The lowest BCUT2D eigenvalue weighted by molar-refractivity contribution is -0.163. The molecule has 0 aliphatic heterocycles. The second-order valence-electron chi connectivity index (χ2n) is 4.33. The van der Waals surface area contributed by atoms with Gasteiger partial charge in [0, 0.05) is 6.20 Å². The Balaban J connectivity index is 2.16. The first-order valence-corrected chi connectivity index (χ1v) is 6.70. The Morgan fingerprint density at radius 2 is 2.00 bits per heavy atom. The fraction of sp³-hybridized carbons (Fsp3) is 0.444. The van der Waals surface area contributed by atoms with Crippen LogP contribution in [-0.2, 0) is 10.0 Å². The zero-order chi connectivity index (χ0) is 14.5. The molecule has 0 unspecified atom stereocenters. The number of amides is 1. The number of hydrogen-bond acceptors (Lipinski definition) is 3. The van der Waals surface area contributed by atoms with Crippen molar-refractivity contribution in [1.82, 2.24) is 10.3 Å². The molecule has 1 amide bonds. The largest absolute Gasteiger partial charge is 0.411 e. The van der Waals surface area contributed by atoms with E-state index < -0.39 is 27.6 Å². The zero-order valence-electron chi connectivity index (χ0n) is 9.41. The molecule has 0 atom stereocenters. The van der Waals surface area contributed by atoms with E-state index in [2.05, 4.69) is 4.98 Å². The molecule has 1 aliphatic rings. The highest BCUT2D eigenvalue weighted by molar-refractivity contribution is 7.89. The first-order chi connectivity index (χ1) is 8.55. The molecule has 6 nitrogen and oxygen atoms in total. The Kier molecular flexibility index (Phi) is 2.90. The van der Waals surface area contributed by atoms with E-state index in [9.17, 15) is 26.4 Å². The minimum Gasteiger partial charge on any atom is -0.356 e. The van der Waals surface area contributed by atoms with E-state index in [1.165, 1.54) is 0 Å². The van der Waals surface area contributed by atoms with Gasteiger partial charge in [-0.25, -0.2) is 13.6 Å². The molecule has 0 saturated heterocycles. The number of hydrogen-bond donors (Lipinski definition) is 3. The highest BCUT2D eigenvalue weighted by atomic mass is 32.2. The van der Waals surface area contributed by atoms with Crippen LogP contribution in [0.3, 0.4) is 0 Å². The van der Waals surface area contributed by atoms with Gasteiger partial charge in [-0.1, -0.05) is 0 Å². The van der Waals surface area contributed by atoms with Crippen molar-refractivity contribution in [1.29, 1.82) is 0 Å². The molecule has 1 saturated carbocycles. The maximum Gasteiger partial charge on any atom is 0.411 e. The number of aromatic nitrogens is 1. The molecule has 19 heavy (non-hydrogen) atoms. The molecule has 10 heteroatoms. The minimum absolute atomic E-state index is 0.189. The molecule has 2 rings (SSSR count). The SMILES string of the molecule is NS(=O)(=O)c1c[nH]c(C(=O)NC2(C(F)(F)F)CC2)c1. The summed E-state index contributed by atoms with van der Waals surface area (Å²) in [4.78, 5) is 13.5. The van der Waals surface area contributed by atoms with E-state index in [1.807, 2.05) is 5.32 Å². The molecular weight excluding hydrogens is 287 g/mol. The van der Waals surface area contributed by atoms with Gasteiger partial charge in [0.1, 0.15) is 11.2 Å². The van der Waals surface area contributed by atoms with Crippen molar-refractivity contribution in [2.45, 2.75) is 29.5 Å². The standard InChI is InChI=1S/C9H10F3N3O3S/c10-9(11,12)8(1-2-8)15-7(16)6-3-5(4-14-6)19(13,17)18/h3-4,14H,1-2H2,(H,15,16)(H2,13,17,18). The molecule has 1 fully saturated rings. The number of rotatable bonds is 3. The maximum absolute atomic E-state index is 12.6. The first-order valence-electron chi connectivity index (χ1n) is 5.16. The molecule has 0 radical (unpaired) electrons. The van der Waals surface area contributed by atoms with Gasteiger partial charge in [0.2, 0.25) is 10.0 Å². The molecule has 1 aliphatic carbocycles. The Hall–Kier alpha value is -1.55. The van der Waals surface area contributed by atoms with Crippen molar-refractivity contribution in [3.05, 3.63) is 18.0 Å². The van der Waals surface area contributed by atoms with Crippen LogP contribution in [0, 0.1) is 0 Å². The lowest BCUT2D eigenvalue weighted by atomic mass is 10.2. The molecule has 0 spiro atoms. The summed E-state index contributed by atoms with van der Waals surface area (Å²) >= 11 is 0. The topological polar surface area (TPSA) is 105 Å². The van der Waals surface area contributed by atoms with Gasteiger partial charge in [-0.05, 0) is 18.9 Å². The summed E-state index contributed by atoms with van der Waals surface area (Å²) in [6.07, 6.45) is -3.97. The summed E-state index contributed by atoms with van der Waals surface area (Å²) < 4.78 is 59.8. The van der Waals surface area contributed by atoms with Crippen LogP contribution in [0.2, 0.25) is 0 Å². The predicted molar refractivity (Wildman–Crippen MR) is 57.7 cm³/mol. The second-order valence-corrected chi connectivity index (χ2v) is 5.89. The van der Waals surface area contributed by atoms with E-state index in [4.69, 9.17) is 5.14 Å². The lowest BCUT2D eigenvalue weighted by Gasteiger charge is -2.20. The Labute approximate surface area is 106 Å². The van der Waals surface area contributed by atoms with E-state index in [1.54, 1.807) is 0 Å². The molecule has 0 aromatic carbocycles. The van der Waals surface area contributed by atoms with Crippen molar-refractivity contribution in [3.63, 3.8) is 0 Å². The van der Waals surface area contributed by atoms with Gasteiger partial charge in [0.15, 0.2) is 0 Å². The molecule has 1 aromatic rings. The van der Waals surface area contributed by atoms with Gasteiger partial charge in [-0.2, -0.15) is 13.2 Å². The van der Waals surface area contributed by atoms with Crippen LogP contribution in [0.15, 0.2) is 17.2 Å². The summed E-state index contributed by atoms with van der Waals surface area (Å²) in [5.41, 5.74) is -2.49. The first kappa shape index (κ1) is 13.9. The third-order valence-electron chi connectivity index (χ3n) is 2.88.